The first kappa shape index (κ1) is 21.0. The summed E-state index contributed by atoms with van der Waals surface area (Å²) in [7, 11) is -3.74. The summed E-state index contributed by atoms with van der Waals surface area (Å²) in [5, 5.41) is 9.22. The normalized spacial score (nSPS) is 15.6. The van der Waals surface area contributed by atoms with Crippen LogP contribution in [0.5, 0.6) is 0 Å². The van der Waals surface area contributed by atoms with E-state index in [9.17, 15) is 18.5 Å². The van der Waals surface area contributed by atoms with Crippen LogP contribution in [-0.4, -0.2) is 43.2 Å². The Morgan fingerprint density at radius 1 is 1.10 bits per heavy atom. The van der Waals surface area contributed by atoms with Crippen LogP contribution in [0, 0.1) is 17.2 Å². The lowest BCUT2D eigenvalue weighted by Crippen LogP contribution is -2.44. The summed E-state index contributed by atoms with van der Waals surface area (Å²) in [6.45, 7) is 3.69. The third-order valence-corrected chi connectivity index (χ3v) is 7.29. The van der Waals surface area contributed by atoms with Gasteiger partial charge in [0.05, 0.1) is 10.5 Å². The molecule has 0 radical (unpaired) electrons. The summed E-state index contributed by atoms with van der Waals surface area (Å²) in [5.41, 5.74) is 1.22. The van der Waals surface area contributed by atoms with E-state index in [0.29, 0.717) is 25.9 Å². The lowest BCUT2D eigenvalue weighted by molar-refractivity contribution is -0.137. The minimum atomic E-state index is -3.74. The Bertz CT molecular complexity index is 991. The topological polar surface area (TPSA) is 81.5 Å². The molecule has 0 saturated carbocycles. The number of hydrogen-bond acceptors (Lipinski definition) is 4. The highest BCUT2D eigenvalue weighted by molar-refractivity contribution is 7.89. The van der Waals surface area contributed by atoms with E-state index in [4.69, 9.17) is 0 Å². The second-order valence-electron chi connectivity index (χ2n) is 7.12. The zero-order valence-corrected chi connectivity index (χ0v) is 17.3. The summed E-state index contributed by atoms with van der Waals surface area (Å²) < 4.78 is 27.3. The van der Waals surface area contributed by atoms with E-state index in [1.807, 2.05) is 48.2 Å². The molecular weight excluding hydrogens is 386 g/mol. The predicted molar refractivity (Wildman–Crippen MR) is 110 cm³/mol. The molecule has 0 atom stereocenters. The van der Waals surface area contributed by atoms with Crippen LogP contribution >= 0.6 is 0 Å². The van der Waals surface area contributed by atoms with Crippen LogP contribution in [0.4, 0.5) is 0 Å². The molecule has 2 aromatic carbocycles. The number of amides is 1. The zero-order valence-electron chi connectivity index (χ0n) is 16.5. The van der Waals surface area contributed by atoms with E-state index in [2.05, 4.69) is 0 Å². The largest absolute Gasteiger partial charge is 0.338 e. The van der Waals surface area contributed by atoms with Gasteiger partial charge in [0.15, 0.2) is 0 Å². The van der Waals surface area contributed by atoms with E-state index in [1.54, 1.807) is 12.1 Å². The third kappa shape index (κ3) is 4.66. The number of carbonyl (C=O) groups excluding carboxylic acids is 1. The van der Waals surface area contributed by atoms with Gasteiger partial charge in [-0.25, -0.2) is 8.42 Å². The van der Waals surface area contributed by atoms with Crippen molar-refractivity contribution in [2.45, 2.75) is 31.2 Å². The summed E-state index contributed by atoms with van der Waals surface area (Å²) in [6, 6.07) is 18.0. The smallest absolute Gasteiger partial charge is 0.244 e. The van der Waals surface area contributed by atoms with E-state index >= 15 is 0 Å². The summed E-state index contributed by atoms with van der Waals surface area (Å²) in [5.74, 6) is -0.109. The number of nitrogens with zero attached hydrogens (tertiary/aromatic N) is 3. The van der Waals surface area contributed by atoms with Crippen LogP contribution in [0.3, 0.4) is 0 Å². The molecule has 1 saturated heterocycles. The van der Waals surface area contributed by atoms with Gasteiger partial charge in [0.25, 0.3) is 0 Å². The third-order valence-electron chi connectivity index (χ3n) is 5.34. The van der Waals surface area contributed by atoms with Crippen molar-refractivity contribution in [3.63, 3.8) is 0 Å². The molecule has 0 spiro atoms. The number of benzene rings is 2. The van der Waals surface area contributed by atoms with Crippen LogP contribution < -0.4 is 0 Å². The molecule has 1 amide bonds. The van der Waals surface area contributed by atoms with Gasteiger partial charge in [-0.1, -0.05) is 42.5 Å². The zero-order chi connectivity index (χ0) is 20.9. The molecule has 0 unspecified atom stereocenters. The monoisotopic (exact) mass is 411 g/mol. The number of rotatable bonds is 6. The highest BCUT2D eigenvalue weighted by atomic mass is 32.2. The summed E-state index contributed by atoms with van der Waals surface area (Å²) in [4.78, 5) is 14.8. The maximum atomic E-state index is 13.0. The van der Waals surface area contributed by atoms with Crippen molar-refractivity contribution < 1.29 is 13.2 Å². The fourth-order valence-corrected chi connectivity index (χ4v) is 5.29. The Balaban J connectivity index is 1.66. The number of piperidine rings is 1. The highest BCUT2D eigenvalue weighted by Crippen LogP contribution is 2.27. The number of nitriles is 1. The molecule has 29 heavy (non-hydrogen) atoms. The second-order valence-corrected chi connectivity index (χ2v) is 9.03. The predicted octanol–water partition coefficient (Wildman–Crippen LogP) is 3.01. The molecule has 0 aromatic heterocycles. The Labute approximate surface area is 172 Å². The molecule has 1 aliphatic rings. The van der Waals surface area contributed by atoms with Gasteiger partial charge in [-0.15, -0.1) is 0 Å². The van der Waals surface area contributed by atoms with Crippen molar-refractivity contribution in [1.82, 2.24) is 9.21 Å². The molecule has 0 N–H and O–H groups in total. The van der Waals surface area contributed by atoms with Crippen LogP contribution in [0.15, 0.2) is 59.5 Å². The van der Waals surface area contributed by atoms with Crippen molar-refractivity contribution in [2.24, 2.45) is 5.92 Å². The fraction of sp³-hybridized carbons (Fsp3) is 0.364. The van der Waals surface area contributed by atoms with Gasteiger partial charge in [-0.2, -0.15) is 9.57 Å². The molecule has 0 bridgehead atoms. The van der Waals surface area contributed by atoms with E-state index in [-0.39, 0.29) is 35.4 Å². The van der Waals surface area contributed by atoms with Gasteiger partial charge in [-0.05, 0) is 37.5 Å². The van der Waals surface area contributed by atoms with Crippen LogP contribution in [0.2, 0.25) is 0 Å². The molecule has 1 fully saturated rings. The minimum absolute atomic E-state index is 0.0338. The molecule has 1 aliphatic heterocycles. The molecule has 1 heterocycles. The first-order valence-electron chi connectivity index (χ1n) is 9.79. The number of hydrogen-bond donors (Lipinski definition) is 0. The summed E-state index contributed by atoms with van der Waals surface area (Å²) in [6.07, 6.45) is 0.968. The second kappa shape index (κ2) is 9.21. The molecule has 3 rings (SSSR count). The van der Waals surface area contributed by atoms with Crippen molar-refractivity contribution in [2.75, 3.05) is 19.6 Å². The quantitative estimate of drug-likeness (QED) is 0.732. The van der Waals surface area contributed by atoms with Crippen molar-refractivity contribution in [1.29, 1.82) is 5.26 Å². The van der Waals surface area contributed by atoms with Crippen molar-refractivity contribution >= 4 is 15.9 Å². The lowest BCUT2D eigenvalue weighted by atomic mass is 9.96. The van der Waals surface area contributed by atoms with Gasteiger partial charge in [0.1, 0.15) is 6.07 Å². The van der Waals surface area contributed by atoms with Crippen LogP contribution in [0.25, 0.3) is 0 Å². The Hall–Kier alpha value is -2.69. The van der Waals surface area contributed by atoms with E-state index in [0.717, 1.165) is 5.56 Å². The van der Waals surface area contributed by atoms with Crippen LogP contribution in [0.1, 0.15) is 30.9 Å². The van der Waals surface area contributed by atoms with Gasteiger partial charge in [-0.3, -0.25) is 4.79 Å². The van der Waals surface area contributed by atoms with Crippen LogP contribution in [-0.2, 0) is 21.4 Å². The molecule has 7 heteroatoms. The Morgan fingerprint density at radius 3 is 2.34 bits per heavy atom. The standard InChI is InChI=1S/C22H25N3O3S/c1-2-24(17-18-8-4-3-5-9-18)22(26)19-12-14-25(15-13-19)29(27,28)21-11-7-6-10-20(21)16-23/h3-11,19H,2,12-15,17H2,1H3. The molecule has 6 nitrogen and oxygen atoms in total. The maximum Gasteiger partial charge on any atom is 0.244 e. The molecule has 2 aromatic rings. The Kier molecular flexibility index (Phi) is 6.68. The lowest BCUT2D eigenvalue weighted by Gasteiger charge is -2.33. The first-order chi connectivity index (χ1) is 14.0. The number of carbonyl (C=O) groups is 1. The van der Waals surface area contributed by atoms with E-state index in [1.165, 1.54) is 16.4 Å². The van der Waals surface area contributed by atoms with Gasteiger partial charge in [0, 0.05) is 32.1 Å². The maximum absolute atomic E-state index is 13.0. The van der Waals surface area contributed by atoms with E-state index < -0.39 is 10.0 Å². The molecule has 152 valence electrons. The van der Waals surface area contributed by atoms with Gasteiger partial charge in [0.2, 0.25) is 15.9 Å². The Morgan fingerprint density at radius 2 is 1.72 bits per heavy atom. The molecular formula is C22H25N3O3S. The molecule has 0 aliphatic carbocycles. The first-order valence-corrected chi connectivity index (χ1v) is 11.2. The number of sulfonamides is 1. The minimum Gasteiger partial charge on any atom is -0.338 e. The average molecular weight is 412 g/mol. The average Bonchev–Trinajstić information content (AvgIpc) is 2.77. The fourth-order valence-electron chi connectivity index (χ4n) is 3.67. The van der Waals surface area contributed by atoms with Gasteiger partial charge < -0.3 is 4.90 Å². The van der Waals surface area contributed by atoms with Crippen molar-refractivity contribution in [3.05, 3.63) is 65.7 Å². The SMILES string of the molecule is CCN(Cc1ccccc1)C(=O)C1CCN(S(=O)(=O)c2ccccc2C#N)CC1. The highest BCUT2D eigenvalue weighted by Gasteiger charge is 2.34. The van der Waals surface area contributed by atoms with Crippen molar-refractivity contribution in [3.8, 4) is 6.07 Å². The van der Waals surface area contributed by atoms with Gasteiger partial charge >= 0.3 is 0 Å². The summed E-state index contributed by atoms with van der Waals surface area (Å²) >= 11 is 0.